The van der Waals surface area contributed by atoms with E-state index in [2.05, 4.69) is 93.4 Å². The molecule has 3 heterocycles. The molecule has 0 radical (unpaired) electrons. The summed E-state index contributed by atoms with van der Waals surface area (Å²) in [5.74, 6) is -0.621. The first kappa shape index (κ1) is 90.1. The number of fused-ring (bicyclic) bond motifs is 4. The maximum atomic E-state index is 13.5. The smallest absolute Gasteiger partial charge is 0.488 e. The SMILES string of the molecule is CC(C)(C)OC(=O)NCCc1ccc(F)cc1.CC(C)(C)OC(=O)NCCc1ccc(O)cc1.CC[N+](CC)=c1ccc2c(-c3ccccc3C(=O)NCCCc3ccc(OS(=O)(=O)F)cc3)c3ccc(C)cc3oc-2c1.CC[N+](CC)=c1ccc2c(-c3ccccc3C(=O)ON3C(=O)CCC3=O)c3ccc(C)cc3oc-2c1.O=S(=O)=O. The highest BCUT2D eigenvalue weighted by molar-refractivity contribution is 7.81. The molecule has 0 saturated carbocycles. The van der Waals surface area contributed by atoms with Gasteiger partial charge in [0.15, 0.2) is 0 Å². The van der Waals surface area contributed by atoms with Crippen molar-refractivity contribution in [2.45, 2.75) is 133 Å². The van der Waals surface area contributed by atoms with E-state index < -0.39 is 62.3 Å². The third kappa shape index (κ3) is 27.1. The number of phenolic OH excluding ortho intramolecular Hbond substituents is 1. The van der Waals surface area contributed by atoms with E-state index in [1.165, 1.54) is 24.3 Å². The van der Waals surface area contributed by atoms with E-state index in [9.17, 15) is 45.5 Å². The number of imide groups is 1. The second-order valence-electron chi connectivity index (χ2n) is 29.0. The van der Waals surface area contributed by atoms with Crippen molar-refractivity contribution in [3.05, 3.63) is 250 Å². The van der Waals surface area contributed by atoms with E-state index in [0.717, 1.165) is 115 Å². The second-order valence-corrected chi connectivity index (χ2v) is 30.4. The number of benzene rings is 9. The van der Waals surface area contributed by atoms with E-state index in [0.29, 0.717) is 72.9 Å². The molecule has 0 spiro atoms. The van der Waals surface area contributed by atoms with E-state index in [4.69, 9.17) is 40.9 Å². The van der Waals surface area contributed by atoms with Gasteiger partial charge in [-0.25, -0.2) is 27.9 Å². The van der Waals surface area contributed by atoms with Gasteiger partial charge in [0.2, 0.25) is 10.7 Å². The number of hydrogen-bond donors (Lipinski definition) is 4. The Hall–Kier alpha value is -12.4. The third-order valence-corrected chi connectivity index (χ3v) is 18.5. The van der Waals surface area contributed by atoms with Crippen molar-refractivity contribution in [3.8, 4) is 56.4 Å². The van der Waals surface area contributed by atoms with Crippen molar-refractivity contribution in [1.29, 1.82) is 0 Å². The molecule has 4 N–H and O–H groups in total. The van der Waals surface area contributed by atoms with Crippen molar-refractivity contribution >= 4 is 78.9 Å². The predicted molar refractivity (Wildman–Crippen MR) is 443 cm³/mol. The zero-order chi connectivity index (χ0) is 85.3. The number of hydrogen-bond acceptors (Lipinski definition) is 18. The normalized spacial score (nSPS) is 11.8. The number of carbonyl (C=O) groups is 6. The largest absolute Gasteiger partial charge is 0.508 e. The van der Waals surface area contributed by atoms with Crippen LogP contribution in [-0.2, 0) is 64.3 Å². The zero-order valence-electron chi connectivity index (χ0n) is 67.5. The van der Waals surface area contributed by atoms with Crippen LogP contribution in [0.1, 0.15) is 137 Å². The first-order valence-corrected chi connectivity index (χ1v) is 40.5. The Morgan fingerprint density at radius 3 is 1.37 bits per heavy atom. The lowest BCUT2D eigenvalue weighted by molar-refractivity contribution is -0.172. The molecule has 117 heavy (non-hydrogen) atoms. The molecule has 28 heteroatoms. The first-order valence-electron chi connectivity index (χ1n) is 38.2. The van der Waals surface area contributed by atoms with Crippen LogP contribution in [0.3, 0.4) is 0 Å². The molecule has 1 saturated heterocycles. The Morgan fingerprint density at radius 1 is 0.521 bits per heavy atom. The van der Waals surface area contributed by atoms with Crippen LogP contribution in [0.15, 0.2) is 203 Å². The Morgan fingerprint density at radius 2 is 0.932 bits per heavy atom. The fourth-order valence-corrected chi connectivity index (χ4v) is 13.0. The molecule has 0 aromatic heterocycles. The summed E-state index contributed by atoms with van der Waals surface area (Å²) >= 11 is 0. The van der Waals surface area contributed by atoms with Gasteiger partial charge in [-0.1, -0.05) is 101 Å². The van der Waals surface area contributed by atoms with Crippen LogP contribution in [0.4, 0.5) is 17.9 Å². The fourth-order valence-electron chi connectivity index (χ4n) is 12.7. The van der Waals surface area contributed by atoms with Crippen LogP contribution in [0.25, 0.3) is 66.8 Å². The molecule has 0 atom stereocenters. The number of nitrogens with zero attached hydrogens (tertiary/aromatic N) is 3. The molecular formula is C89H98F2N6O18S2+2. The van der Waals surface area contributed by atoms with E-state index in [1.807, 2.05) is 140 Å². The minimum Gasteiger partial charge on any atom is -0.508 e. The Bertz CT molecular complexity index is 5580. The molecule has 0 unspecified atom stereocenters. The first-order chi connectivity index (χ1) is 55.5. The lowest BCUT2D eigenvalue weighted by Gasteiger charge is -2.19. The van der Waals surface area contributed by atoms with Gasteiger partial charge in [0.05, 0.1) is 17.7 Å². The standard InChI is InChI=1S/C34H33FN2O5S.C29H27N2O5.C13H18FNO2.C13H19NO3.O3S/c1-4-37(5-2)25-15-19-30-32(22-25)41-31-21-23(3)12-18-29(31)33(30)27-10-6-7-11-28(27)34(38)36-20-8-9-24-13-16-26(17-14-24)42-43(35,39)40;1-4-30(5-2)19-11-13-23-25(17-19)35-24-16-18(3)10-12-22(24)28(23)20-8-6-7-9-21(20)29(34)36-31-26(32)14-15-27(31)33;1-13(2,3)17-12(16)15-9-8-10-4-6-11(14)7-5-10;1-13(2,3)17-12(16)14-9-8-10-4-6-11(15)7-5-10;1-4(2)3/h6-7,10-19,21-22H,4-5,8-9,20H2,1-3H3;6-13,16-17H,4-5,14-15H2,1-3H3;4-7H,8-9H2,1-3H3,(H,15,16);4-7,15H,8-9H2,1-3H3,(H,14,16);/q;+1;;;/p+1. The number of carbonyl (C=O) groups excluding carboxylic acids is 6. The molecule has 1 fully saturated rings. The Balaban J connectivity index is 0.000000206. The summed E-state index contributed by atoms with van der Waals surface area (Å²) < 4.78 is 104. The summed E-state index contributed by atoms with van der Waals surface area (Å²) in [5.41, 5.74) is 11.4. The summed E-state index contributed by atoms with van der Waals surface area (Å²) in [4.78, 5) is 78.7. The van der Waals surface area contributed by atoms with E-state index in [-0.39, 0.29) is 41.6 Å². The molecule has 0 bridgehead atoms. The number of hydroxylamine groups is 2. The molecule has 2 aliphatic carbocycles. The van der Waals surface area contributed by atoms with Gasteiger partial charge in [-0.2, -0.15) is 8.42 Å². The lowest BCUT2D eigenvalue weighted by Crippen LogP contribution is -2.33. The summed E-state index contributed by atoms with van der Waals surface area (Å²) in [5, 5.41) is 22.0. The van der Waals surface area contributed by atoms with Gasteiger partial charge >= 0.3 is 39.3 Å². The molecule has 7 aromatic rings. The summed E-state index contributed by atoms with van der Waals surface area (Å²) in [7, 11) is -8.17. The molecule has 7 aromatic carbocycles. The number of aromatic hydroxyl groups is 1. The van der Waals surface area contributed by atoms with Crippen LogP contribution >= 0.6 is 0 Å². The summed E-state index contributed by atoms with van der Waals surface area (Å²) in [6.45, 7) is 28.3. The molecule has 5 aliphatic rings. The Labute approximate surface area is 680 Å². The van der Waals surface area contributed by atoms with Gasteiger partial charge in [-0.05, 0) is 221 Å². The van der Waals surface area contributed by atoms with Crippen molar-refractivity contribution in [2.75, 3.05) is 45.8 Å². The Kier molecular flexibility index (Phi) is 32.1. The molecule has 3 aliphatic heterocycles. The van der Waals surface area contributed by atoms with Gasteiger partial charge in [-0.3, -0.25) is 14.4 Å². The maximum absolute atomic E-state index is 13.5. The van der Waals surface area contributed by atoms with Crippen molar-refractivity contribution in [1.82, 2.24) is 30.2 Å². The minimum absolute atomic E-state index is 0.0391. The van der Waals surface area contributed by atoms with Crippen molar-refractivity contribution in [2.24, 2.45) is 0 Å². The highest BCUT2D eigenvalue weighted by atomic mass is 32.3. The van der Waals surface area contributed by atoms with Crippen LogP contribution in [-0.4, -0.2) is 124 Å². The topological polar surface area (TPSA) is 317 Å². The summed E-state index contributed by atoms with van der Waals surface area (Å²) in [6.07, 6.45) is 1.89. The molecule has 616 valence electrons. The second kappa shape index (κ2) is 41.7. The van der Waals surface area contributed by atoms with Gasteiger partial charge in [0.25, 0.3) is 17.7 Å². The monoisotopic (exact) mass is 1640 g/mol. The molecule has 12 rings (SSSR count). The van der Waals surface area contributed by atoms with E-state index in [1.54, 1.807) is 48.5 Å². The van der Waals surface area contributed by atoms with E-state index >= 15 is 0 Å². The zero-order valence-corrected chi connectivity index (χ0v) is 69.1. The third-order valence-electron chi connectivity index (χ3n) is 18.1. The predicted octanol–water partition coefficient (Wildman–Crippen LogP) is 15.2. The maximum Gasteiger partial charge on any atom is 0.488 e. The van der Waals surface area contributed by atoms with Crippen molar-refractivity contribution < 1.29 is 90.5 Å². The highest BCUT2D eigenvalue weighted by Crippen LogP contribution is 2.43. The van der Waals surface area contributed by atoms with Crippen LogP contribution in [0, 0.1) is 19.7 Å². The highest BCUT2D eigenvalue weighted by Gasteiger charge is 2.35. The quantitative estimate of drug-likeness (QED) is 0.0171. The van der Waals surface area contributed by atoms with Crippen LogP contribution < -0.4 is 40.0 Å². The van der Waals surface area contributed by atoms with Crippen LogP contribution in [0.2, 0.25) is 0 Å². The minimum atomic E-state index is -5.06. The number of halogens is 2. The van der Waals surface area contributed by atoms with Gasteiger partial charge in [0.1, 0.15) is 77.4 Å². The number of aryl methyl sites for hydroxylation is 3. The van der Waals surface area contributed by atoms with Gasteiger partial charge in [0, 0.05) is 83.2 Å². The summed E-state index contributed by atoms with van der Waals surface area (Å²) in [6, 6.07) is 58.4. The molecule has 24 nitrogen and oxygen atoms in total. The average molecular weight is 1640 g/mol. The number of nitrogens with one attached hydrogen (secondary N) is 3. The number of rotatable bonds is 21. The lowest BCUT2D eigenvalue weighted by atomic mass is 9.90. The number of phenols is 1. The van der Waals surface area contributed by atoms with Crippen molar-refractivity contribution in [3.63, 3.8) is 0 Å². The fraction of sp³-hybridized carbons (Fsp3) is 0.303. The van der Waals surface area contributed by atoms with Crippen LogP contribution in [0.5, 0.6) is 11.5 Å². The average Bonchev–Trinajstić information content (AvgIpc) is 0.851. The molecule has 5 amide bonds. The van der Waals surface area contributed by atoms with Gasteiger partial charge < -0.3 is 48.4 Å². The molecular weight excluding hydrogens is 1540 g/mol. The number of ether oxygens (including phenoxy) is 2. The number of amides is 5. The number of alkyl carbamates (subject to hydrolysis) is 2. The van der Waals surface area contributed by atoms with Gasteiger partial charge in [-0.15, -0.1) is 17.7 Å².